The number of likely N-dealkylation sites (tertiary alicyclic amines) is 1. The average molecular weight is 380 g/mol. The summed E-state index contributed by atoms with van der Waals surface area (Å²) in [5, 5.41) is 5.33. The van der Waals surface area contributed by atoms with Crippen LogP contribution in [0.3, 0.4) is 0 Å². The van der Waals surface area contributed by atoms with Gasteiger partial charge in [-0.15, -0.1) is 0 Å². The molecule has 5 heteroatoms. The number of benzene rings is 2. The molecule has 0 unspecified atom stereocenters. The Morgan fingerprint density at radius 3 is 2.44 bits per heavy atom. The van der Waals surface area contributed by atoms with Gasteiger partial charge in [-0.05, 0) is 62.1 Å². The Kier molecular flexibility index (Phi) is 4.75. The molecular weight excluding hydrogens is 358 g/mol. The zero-order chi connectivity index (χ0) is 19.0. The maximum absolute atomic E-state index is 13.1. The van der Waals surface area contributed by atoms with E-state index in [2.05, 4.69) is 26.0 Å². The third-order valence-corrected chi connectivity index (χ3v) is 5.52. The summed E-state index contributed by atoms with van der Waals surface area (Å²) in [7, 11) is 0. The molecule has 0 N–H and O–H groups in total. The molecule has 0 atom stereocenters. The smallest absolute Gasteiger partial charge is 0.272 e. The summed E-state index contributed by atoms with van der Waals surface area (Å²) in [6.45, 7) is 5.76. The van der Waals surface area contributed by atoms with Gasteiger partial charge in [0.1, 0.15) is 5.69 Å². The molecule has 4 rings (SSSR count). The molecule has 1 fully saturated rings. The van der Waals surface area contributed by atoms with Gasteiger partial charge in [0, 0.05) is 18.7 Å². The quantitative estimate of drug-likeness (QED) is 0.639. The van der Waals surface area contributed by atoms with Gasteiger partial charge in [-0.25, -0.2) is 4.68 Å². The van der Waals surface area contributed by atoms with Crippen molar-refractivity contribution in [3.05, 3.63) is 70.4 Å². The lowest BCUT2D eigenvalue weighted by atomic mass is 10.0. The Balaban J connectivity index is 1.85. The first-order chi connectivity index (χ1) is 13.0. The van der Waals surface area contributed by atoms with Crippen LogP contribution in [0.4, 0.5) is 0 Å². The van der Waals surface area contributed by atoms with Gasteiger partial charge in [-0.3, -0.25) is 4.79 Å². The summed E-state index contributed by atoms with van der Waals surface area (Å²) in [4.78, 5) is 15.0. The number of para-hydroxylation sites is 1. The molecule has 0 radical (unpaired) electrons. The van der Waals surface area contributed by atoms with Gasteiger partial charge in [-0.2, -0.15) is 5.10 Å². The molecule has 2 heterocycles. The van der Waals surface area contributed by atoms with E-state index in [-0.39, 0.29) is 5.91 Å². The lowest BCUT2D eigenvalue weighted by Crippen LogP contribution is -2.29. The molecule has 2 aromatic carbocycles. The zero-order valence-electron chi connectivity index (χ0n) is 15.6. The Morgan fingerprint density at radius 2 is 1.74 bits per heavy atom. The first kappa shape index (κ1) is 17.8. The number of amides is 1. The van der Waals surface area contributed by atoms with E-state index in [9.17, 15) is 4.79 Å². The predicted molar refractivity (Wildman–Crippen MR) is 109 cm³/mol. The van der Waals surface area contributed by atoms with E-state index in [0.717, 1.165) is 42.9 Å². The van der Waals surface area contributed by atoms with E-state index in [1.54, 1.807) is 4.68 Å². The molecule has 1 aliphatic heterocycles. The number of nitrogens with zero attached hydrogens (tertiary/aromatic N) is 3. The molecule has 0 saturated carbocycles. The molecule has 4 nitrogen and oxygen atoms in total. The second-order valence-electron chi connectivity index (χ2n) is 7.08. The van der Waals surface area contributed by atoms with Crippen molar-refractivity contribution in [3.8, 4) is 16.9 Å². The first-order valence-corrected chi connectivity index (χ1v) is 9.64. The summed E-state index contributed by atoms with van der Waals surface area (Å²) in [6, 6.07) is 15.6. The standard InChI is InChI=1S/C22H22ClN3O/c1-15-9-10-17(13-16(15)2)19-14-21(22(27)25-11-5-6-12-25)26(24-19)20-8-4-3-7-18(20)23/h3-4,7-10,13-14H,5-6,11-12H2,1-2H3. The van der Waals surface area contributed by atoms with E-state index in [4.69, 9.17) is 16.7 Å². The van der Waals surface area contributed by atoms with Crippen molar-refractivity contribution in [2.45, 2.75) is 26.7 Å². The Bertz CT molecular complexity index is 1000. The van der Waals surface area contributed by atoms with Crippen molar-refractivity contribution in [2.75, 3.05) is 13.1 Å². The third kappa shape index (κ3) is 3.37. The van der Waals surface area contributed by atoms with Crippen molar-refractivity contribution in [1.82, 2.24) is 14.7 Å². The van der Waals surface area contributed by atoms with E-state index < -0.39 is 0 Å². The Labute approximate surface area is 164 Å². The predicted octanol–water partition coefficient (Wildman–Crippen LogP) is 5.05. The van der Waals surface area contributed by atoms with Gasteiger partial charge in [0.25, 0.3) is 5.91 Å². The maximum atomic E-state index is 13.1. The summed E-state index contributed by atoms with van der Waals surface area (Å²) in [6.07, 6.45) is 2.10. The summed E-state index contributed by atoms with van der Waals surface area (Å²) in [5.41, 5.74) is 5.49. The first-order valence-electron chi connectivity index (χ1n) is 9.26. The van der Waals surface area contributed by atoms with E-state index in [0.29, 0.717) is 10.7 Å². The SMILES string of the molecule is Cc1ccc(-c2cc(C(=O)N3CCCC3)n(-c3ccccc3Cl)n2)cc1C. The number of halogens is 1. The maximum Gasteiger partial charge on any atom is 0.272 e. The minimum Gasteiger partial charge on any atom is -0.337 e. The second kappa shape index (κ2) is 7.20. The van der Waals surface area contributed by atoms with Crippen LogP contribution in [0.15, 0.2) is 48.5 Å². The van der Waals surface area contributed by atoms with Gasteiger partial charge in [0.2, 0.25) is 0 Å². The van der Waals surface area contributed by atoms with Gasteiger partial charge < -0.3 is 4.90 Å². The topological polar surface area (TPSA) is 38.1 Å². The fraction of sp³-hybridized carbons (Fsp3) is 0.273. The number of hydrogen-bond donors (Lipinski definition) is 0. The van der Waals surface area contributed by atoms with Crippen LogP contribution in [0, 0.1) is 13.8 Å². The fourth-order valence-corrected chi connectivity index (χ4v) is 3.68. The van der Waals surface area contributed by atoms with Crippen LogP contribution in [-0.4, -0.2) is 33.7 Å². The van der Waals surface area contributed by atoms with E-state index in [1.807, 2.05) is 41.3 Å². The van der Waals surface area contributed by atoms with Crippen molar-refractivity contribution in [3.63, 3.8) is 0 Å². The number of carbonyl (C=O) groups is 1. The fourth-order valence-electron chi connectivity index (χ4n) is 3.46. The highest BCUT2D eigenvalue weighted by molar-refractivity contribution is 6.32. The molecule has 138 valence electrons. The minimum absolute atomic E-state index is 0.00926. The number of carbonyl (C=O) groups excluding carboxylic acids is 1. The van der Waals surface area contributed by atoms with E-state index in [1.165, 1.54) is 11.1 Å². The average Bonchev–Trinajstić information content (AvgIpc) is 3.34. The summed E-state index contributed by atoms with van der Waals surface area (Å²) in [5.74, 6) is 0.00926. The molecule has 0 aliphatic carbocycles. The highest BCUT2D eigenvalue weighted by Gasteiger charge is 2.25. The van der Waals surface area contributed by atoms with Crippen LogP contribution in [0.1, 0.15) is 34.5 Å². The van der Waals surface area contributed by atoms with Gasteiger partial charge in [0.15, 0.2) is 0 Å². The number of hydrogen-bond acceptors (Lipinski definition) is 2. The van der Waals surface area contributed by atoms with Crippen LogP contribution in [0.5, 0.6) is 0 Å². The minimum atomic E-state index is 0.00926. The van der Waals surface area contributed by atoms with Crippen molar-refractivity contribution in [2.24, 2.45) is 0 Å². The molecule has 0 bridgehead atoms. The lowest BCUT2D eigenvalue weighted by molar-refractivity contribution is 0.0784. The third-order valence-electron chi connectivity index (χ3n) is 5.21. The van der Waals surface area contributed by atoms with Gasteiger partial charge >= 0.3 is 0 Å². The molecule has 3 aromatic rings. The van der Waals surface area contributed by atoms with Crippen LogP contribution in [0.2, 0.25) is 5.02 Å². The molecule has 1 amide bonds. The highest BCUT2D eigenvalue weighted by Crippen LogP contribution is 2.28. The van der Waals surface area contributed by atoms with Crippen LogP contribution in [-0.2, 0) is 0 Å². The summed E-state index contributed by atoms with van der Waals surface area (Å²) < 4.78 is 1.69. The van der Waals surface area contributed by atoms with Crippen LogP contribution < -0.4 is 0 Å². The molecule has 27 heavy (non-hydrogen) atoms. The van der Waals surface area contributed by atoms with Crippen molar-refractivity contribution < 1.29 is 4.79 Å². The van der Waals surface area contributed by atoms with E-state index >= 15 is 0 Å². The molecule has 1 saturated heterocycles. The van der Waals surface area contributed by atoms with Crippen LogP contribution in [0.25, 0.3) is 16.9 Å². The largest absolute Gasteiger partial charge is 0.337 e. The molecule has 1 aromatic heterocycles. The zero-order valence-corrected chi connectivity index (χ0v) is 16.3. The van der Waals surface area contributed by atoms with Gasteiger partial charge in [-0.1, -0.05) is 35.9 Å². The number of rotatable bonds is 3. The number of aryl methyl sites for hydroxylation is 2. The summed E-state index contributed by atoms with van der Waals surface area (Å²) >= 11 is 6.41. The van der Waals surface area contributed by atoms with Crippen LogP contribution >= 0.6 is 11.6 Å². The van der Waals surface area contributed by atoms with Crippen molar-refractivity contribution >= 4 is 17.5 Å². The molecule has 1 aliphatic rings. The Hall–Kier alpha value is -2.59. The normalized spacial score (nSPS) is 14.0. The number of aromatic nitrogens is 2. The Morgan fingerprint density at radius 1 is 1.00 bits per heavy atom. The van der Waals surface area contributed by atoms with Gasteiger partial charge in [0.05, 0.1) is 16.4 Å². The monoisotopic (exact) mass is 379 g/mol. The highest BCUT2D eigenvalue weighted by atomic mass is 35.5. The lowest BCUT2D eigenvalue weighted by Gasteiger charge is -2.16. The molecule has 0 spiro atoms. The second-order valence-corrected chi connectivity index (χ2v) is 7.48. The molecular formula is C22H22ClN3O. The van der Waals surface area contributed by atoms with Crippen molar-refractivity contribution in [1.29, 1.82) is 0 Å².